The summed E-state index contributed by atoms with van der Waals surface area (Å²) >= 11 is 7.71. The van der Waals surface area contributed by atoms with Crippen LogP contribution in [-0.4, -0.2) is 17.9 Å². The van der Waals surface area contributed by atoms with Crippen molar-refractivity contribution in [3.63, 3.8) is 0 Å². The topological polar surface area (TPSA) is 49.4 Å². The lowest BCUT2D eigenvalue weighted by atomic mass is 10.1. The molecule has 0 atom stereocenters. The second-order valence-corrected chi connectivity index (χ2v) is 8.95. The number of hydrogen-bond acceptors (Lipinski definition) is 3. The van der Waals surface area contributed by atoms with Crippen LogP contribution in [0.3, 0.4) is 0 Å². The standard InChI is InChI=1S/C24H21ClN2O2S/c1-15(2)26-23(28)17-10-11-22-20(13-17)27(14-16-6-5-7-18(25)12-16)24(29)19-8-3-4-9-21(19)30-22/h3-13,15H,14H2,1-2H3,(H,26,28). The Bertz CT molecular complexity index is 1130. The van der Waals surface area contributed by atoms with E-state index in [0.29, 0.717) is 22.7 Å². The highest BCUT2D eigenvalue weighted by atomic mass is 35.5. The minimum absolute atomic E-state index is 0.0270. The molecule has 0 radical (unpaired) electrons. The molecule has 1 aliphatic rings. The lowest BCUT2D eigenvalue weighted by molar-refractivity contribution is 0.0940. The van der Waals surface area contributed by atoms with E-state index < -0.39 is 0 Å². The number of carbonyl (C=O) groups excluding carboxylic acids is 2. The predicted octanol–water partition coefficient (Wildman–Crippen LogP) is 5.79. The predicted molar refractivity (Wildman–Crippen MR) is 122 cm³/mol. The number of fused-ring (bicyclic) bond motifs is 2. The van der Waals surface area contributed by atoms with E-state index in [1.54, 1.807) is 17.0 Å². The van der Waals surface area contributed by atoms with Gasteiger partial charge in [-0.25, -0.2) is 0 Å². The molecule has 3 aromatic rings. The second-order valence-electron chi connectivity index (χ2n) is 7.43. The molecule has 4 nitrogen and oxygen atoms in total. The van der Waals surface area contributed by atoms with E-state index in [4.69, 9.17) is 11.6 Å². The molecule has 1 N–H and O–H groups in total. The van der Waals surface area contributed by atoms with Gasteiger partial charge in [0.1, 0.15) is 0 Å². The average molecular weight is 437 g/mol. The van der Waals surface area contributed by atoms with Gasteiger partial charge in [-0.05, 0) is 61.9 Å². The lowest BCUT2D eigenvalue weighted by Gasteiger charge is -2.24. The Morgan fingerprint density at radius 3 is 2.60 bits per heavy atom. The van der Waals surface area contributed by atoms with Gasteiger partial charge < -0.3 is 10.2 Å². The van der Waals surface area contributed by atoms with E-state index >= 15 is 0 Å². The summed E-state index contributed by atoms with van der Waals surface area (Å²) in [5.41, 5.74) is 2.81. The first-order chi connectivity index (χ1) is 14.4. The van der Waals surface area contributed by atoms with Gasteiger partial charge in [-0.3, -0.25) is 9.59 Å². The Morgan fingerprint density at radius 2 is 1.83 bits per heavy atom. The van der Waals surface area contributed by atoms with Crippen LogP contribution >= 0.6 is 23.4 Å². The van der Waals surface area contributed by atoms with Gasteiger partial charge >= 0.3 is 0 Å². The summed E-state index contributed by atoms with van der Waals surface area (Å²) in [6, 6.07) is 20.6. The number of anilines is 1. The molecule has 2 amide bonds. The van der Waals surface area contributed by atoms with Crippen molar-refractivity contribution in [1.82, 2.24) is 5.32 Å². The van der Waals surface area contributed by atoms with Crippen molar-refractivity contribution in [2.75, 3.05) is 4.90 Å². The molecule has 0 fully saturated rings. The van der Waals surface area contributed by atoms with Crippen LogP contribution in [0.25, 0.3) is 0 Å². The van der Waals surface area contributed by atoms with Crippen LogP contribution in [0.2, 0.25) is 5.02 Å². The minimum Gasteiger partial charge on any atom is -0.350 e. The van der Waals surface area contributed by atoms with E-state index in [0.717, 1.165) is 21.0 Å². The molecule has 0 saturated heterocycles. The van der Waals surface area contributed by atoms with Gasteiger partial charge in [0, 0.05) is 26.4 Å². The Balaban J connectivity index is 1.82. The molecule has 1 aliphatic heterocycles. The fraction of sp³-hybridized carbons (Fsp3) is 0.167. The number of nitrogens with zero attached hydrogens (tertiary/aromatic N) is 1. The number of rotatable bonds is 4. The molecule has 1 heterocycles. The summed E-state index contributed by atoms with van der Waals surface area (Å²) in [7, 11) is 0. The fourth-order valence-corrected chi connectivity index (χ4v) is 4.65. The third-order valence-corrected chi connectivity index (χ3v) is 6.12. The SMILES string of the molecule is CC(C)NC(=O)c1ccc2c(c1)N(Cc1cccc(Cl)c1)C(=O)c1ccccc1S2. The highest BCUT2D eigenvalue weighted by Gasteiger charge is 2.28. The van der Waals surface area contributed by atoms with Crippen molar-refractivity contribution >= 4 is 40.9 Å². The van der Waals surface area contributed by atoms with Crippen molar-refractivity contribution in [2.24, 2.45) is 0 Å². The van der Waals surface area contributed by atoms with E-state index in [9.17, 15) is 9.59 Å². The van der Waals surface area contributed by atoms with Crippen molar-refractivity contribution < 1.29 is 9.59 Å². The summed E-state index contributed by atoms with van der Waals surface area (Å²) in [5, 5.41) is 3.54. The summed E-state index contributed by atoms with van der Waals surface area (Å²) in [6.07, 6.45) is 0. The van der Waals surface area contributed by atoms with Gasteiger partial charge in [-0.1, -0.05) is 47.6 Å². The number of carbonyl (C=O) groups is 2. The number of hydrogen-bond donors (Lipinski definition) is 1. The van der Waals surface area contributed by atoms with Crippen LogP contribution in [0.1, 0.15) is 40.1 Å². The Hall–Kier alpha value is -2.76. The van der Waals surface area contributed by atoms with E-state index in [-0.39, 0.29) is 17.9 Å². The van der Waals surface area contributed by atoms with E-state index in [1.165, 1.54) is 11.8 Å². The van der Waals surface area contributed by atoms with E-state index in [1.807, 2.05) is 68.4 Å². The normalized spacial score (nSPS) is 12.9. The van der Waals surface area contributed by atoms with Gasteiger partial charge in [-0.2, -0.15) is 0 Å². The smallest absolute Gasteiger partial charge is 0.259 e. The molecular weight excluding hydrogens is 416 g/mol. The van der Waals surface area contributed by atoms with Crippen molar-refractivity contribution in [2.45, 2.75) is 36.2 Å². The van der Waals surface area contributed by atoms with Gasteiger partial charge in [0.05, 0.1) is 17.8 Å². The van der Waals surface area contributed by atoms with Gasteiger partial charge in [0.2, 0.25) is 0 Å². The summed E-state index contributed by atoms with van der Waals surface area (Å²) in [6.45, 7) is 4.20. The second kappa shape index (κ2) is 8.54. The molecule has 0 aromatic heterocycles. The first kappa shape index (κ1) is 20.5. The van der Waals surface area contributed by atoms with Crippen LogP contribution in [0, 0.1) is 0 Å². The van der Waals surface area contributed by atoms with Gasteiger partial charge in [0.15, 0.2) is 0 Å². The molecule has 0 spiro atoms. The van der Waals surface area contributed by atoms with E-state index in [2.05, 4.69) is 5.32 Å². The lowest BCUT2D eigenvalue weighted by Crippen LogP contribution is -2.32. The highest BCUT2D eigenvalue weighted by Crippen LogP contribution is 2.42. The molecule has 0 unspecified atom stereocenters. The zero-order chi connectivity index (χ0) is 21.3. The largest absolute Gasteiger partial charge is 0.350 e. The summed E-state index contributed by atoms with van der Waals surface area (Å²) < 4.78 is 0. The molecule has 0 aliphatic carbocycles. The fourth-order valence-electron chi connectivity index (χ4n) is 3.38. The number of benzene rings is 3. The molecule has 30 heavy (non-hydrogen) atoms. The first-order valence-electron chi connectivity index (χ1n) is 9.70. The maximum Gasteiger partial charge on any atom is 0.259 e. The van der Waals surface area contributed by atoms with Crippen LogP contribution in [-0.2, 0) is 6.54 Å². The summed E-state index contributed by atoms with van der Waals surface area (Å²) in [4.78, 5) is 29.7. The molecule has 4 rings (SSSR count). The maximum absolute atomic E-state index is 13.5. The Labute approximate surface area is 185 Å². The van der Waals surface area contributed by atoms with Gasteiger partial charge in [-0.15, -0.1) is 0 Å². The highest BCUT2D eigenvalue weighted by molar-refractivity contribution is 7.99. The van der Waals surface area contributed by atoms with Crippen molar-refractivity contribution in [1.29, 1.82) is 0 Å². The molecule has 6 heteroatoms. The zero-order valence-corrected chi connectivity index (χ0v) is 18.3. The molecule has 0 saturated carbocycles. The van der Waals surface area contributed by atoms with Gasteiger partial charge in [0.25, 0.3) is 11.8 Å². The number of nitrogens with one attached hydrogen (secondary N) is 1. The van der Waals surface area contributed by atoms with Crippen molar-refractivity contribution in [3.05, 3.63) is 88.4 Å². The van der Waals surface area contributed by atoms with Crippen LogP contribution in [0.15, 0.2) is 76.5 Å². The number of halogens is 1. The Kier molecular flexibility index (Phi) is 5.84. The monoisotopic (exact) mass is 436 g/mol. The quantitative estimate of drug-likeness (QED) is 0.563. The summed E-state index contributed by atoms with van der Waals surface area (Å²) in [5.74, 6) is -0.257. The maximum atomic E-state index is 13.5. The molecular formula is C24H21ClN2O2S. The van der Waals surface area contributed by atoms with Crippen LogP contribution in [0.5, 0.6) is 0 Å². The zero-order valence-electron chi connectivity index (χ0n) is 16.7. The molecule has 3 aromatic carbocycles. The molecule has 0 bridgehead atoms. The molecule has 152 valence electrons. The minimum atomic E-state index is -0.158. The third kappa shape index (κ3) is 4.23. The van der Waals surface area contributed by atoms with Crippen molar-refractivity contribution in [3.8, 4) is 0 Å². The first-order valence-corrected chi connectivity index (χ1v) is 10.9. The van der Waals surface area contributed by atoms with Crippen LogP contribution in [0.4, 0.5) is 5.69 Å². The average Bonchev–Trinajstić information content (AvgIpc) is 2.82. The Morgan fingerprint density at radius 1 is 1.03 bits per heavy atom. The number of amides is 2. The van der Waals surface area contributed by atoms with Crippen LogP contribution < -0.4 is 10.2 Å². The third-order valence-electron chi connectivity index (χ3n) is 4.74.